The van der Waals surface area contributed by atoms with Gasteiger partial charge in [-0.3, -0.25) is 0 Å². The Kier molecular flexibility index (Phi) is 2.17. The van der Waals surface area contributed by atoms with E-state index in [2.05, 4.69) is 4.98 Å². The zero-order valence-electron chi connectivity index (χ0n) is 8.89. The number of phenolic OH excluding ortho intramolecular Hbond substituents is 1. The third-order valence-electron chi connectivity index (χ3n) is 3.12. The molecule has 0 spiro atoms. The fraction of sp³-hybridized carbons (Fsp3) is 0.308. The van der Waals surface area contributed by atoms with Crippen LogP contribution in [0.15, 0.2) is 34.9 Å². The Bertz CT molecular complexity index is 500. The standard InChI is InChI=1S/C13H13NO2/c15-11-6-2-5-10(7-11)12-8-16-13(14-12)9-3-1-4-9/h2,5-9,15H,1,3-4H2. The van der Waals surface area contributed by atoms with Gasteiger partial charge in [0, 0.05) is 11.5 Å². The van der Waals surface area contributed by atoms with Crippen LogP contribution in [0.5, 0.6) is 5.75 Å². The van der Waals surface area contributed by atoms with E-state index in [4.69, 9.17) is 4.42 Å². The maximum atomic E-state index is 9.39. The Balaban J connectivity index is 1.91. The molecule has 16 heavy (non-hydrogen) atoms. The predicted molar refractivity (Wildman–Crippen MR) is 60.2 cm³/mol. The van der Waals surface area contributed by atoms with Crippen molar-refractivity contribution in [3.05, 3.63) is 36.4 Å². The van der Waals surface area contributed by atoms with Gasteiger partial charge < -0.3 is 9.52 Å². The van der Waals surface area contributed by atoms with Gasteiger partial charge in [0.2, 0.25) is 0 Å². The van der Waals surface area contributed by atoms with Crippen LogP contribution < -0.4 is 0 Å². The molecule has 0 saturated heterocycles. The van der Waals surface area contributed by atoms with Crippen molar-refractivity contribution in [3.8, 4) is 17.0 Å². The molecule has 82 valence electrons. The van der Waals surface area contributed by atoms with Crippen molar-refractivity contribution in [2.45, 2.75) is 25.2 Å². The first-order chi connectivity index (χ1) is 7.83. The van der Waals surface area contributed by atoms with Crippen molar-refractivity contribution in [3.63, 3.8) is 0 Å². The molecule has 1 N–H and O–H groups in total. The van der Waals surface area contributed by atoms with E-state index in [-0.39, 0.29) is 5.75 Å². The molecule has 3 rings (SSSR count). The Hall–Kier alpha value is -1.77. The summed E-state index contributed by atoms with van der Waals surface area (Å²) < 4.78 is 5.47. The van der Waals surface area contributed by atoms with Gasteiger partial charge >= 0.3 is 0 Å². The van der Waals surface area contributed by atoms with Gasteiger partial charge in [-0.05, 0) is 25.0 Å². The molecule has 0 bridgehead atoms. The topological polar surface area (TPSA) is 46.3 Å². The SMILES string of the molecule is Oc1cccc(-c2coc(C3CCC3)n2)c1. The minimum absolute atomic E-state index is 0.255. The maximum absolute atomic E-state index is 9.39. The van der Waals surface area contributed by atoms with Crippen molar-refractivity contribution >= 4 is 0 Å². The smallest absolute Gasteiger partial charge is 0.197 e. The van der Waals surface area contributed by atoms with Gasteiger partial charge in [-0.2, -0.15) is 0 Å². The number of aromatic nitrogens is 1. The first-order valence-electron chi connectivity index (χ1n) is 5.58. The average Bonchev–Trinajstić information content (AvgIpc) is 2.64. The van der Waals surface area contributed by atoms with Crippen LogP contribution in [0.3, 0.4) is 0 Å². The van der Waals surface area contributed by atoms with Gasteiger partial charge in [0.05, 0.1) is 0 Å². The lowest BCUT2D eigenvalue weighted by atomic mass is 9.85. The second kappa shape index (κ2) is 3.67. The molecule has 1 aliphatic carbocycles. The molecule has 2 aromatic rings. The number of rotatable bonds is 2. The molecule has 1 aromatic heterocycles. The largest absolute Gasteiger partial charge is 0.508 e. The lowest BCUT2D eigenvalue weighted by Gasteiger charge is -2.21. The highest BCUT2D eigenvalue weighted by Crippen LogP contribution is 2.36. The minimum Gasteiger partial charge on any atom is -0.508 e. The molecular formula is C13H13NO2. The Morgan fingerprint density at radius 2 is 2.19 bits per heavy atom. The molecular weight excluding hydrogens is 202 g/mol. The molecule has 3 nitrogen and oxygen atoms in total. The molecule has 1 heterocycles. The molecule has 0 unspecified atom stereocenters. The van der Waals surface area contributed by atoms with E-state index in [0.717, 1.165) is 17.1 Å². The number of oxazole rings is 1. The molecule has 3 heteroatoms. The Morgan fingerprint density at radius 1 is 1.31 bits per heavy atom. The summed E-state index contributed by atoms with van der Waals surface area (Å²) in [6.45, 7) is 0. The van der Waals surface area contributed by atoms with Gasteiger partial charge in [-0.1, -0.05) is 18.6 Å². The summed E-state index contributed by atoms with van der Waals surface area (Å²) in [4.78, 5) is 4.47. The van der Waals surface area contributed by atoms with E-state index < -0.39 is 0 Å². The summed E-state index contributed by atoms with van der Waals surface area (Å²) in [5, 5.41) is 9.39. The molecule has 1 aromatic carbocycles. The zero-order valence-corrected chi connectivity index (χ0v) is 8.89. The fourth-order valence-electron chi connectivity index (χ4n) is 1.93. The number of nitrogens with zero attached hydrogens (tertiary/aromatic N) is 1. The lowest BCUT2D eigenvalue weighted by molar-refractivity contribution is 0.335. The molecule has 0 radical (unpaired) electrons. The van der Waals surface area contributed by atoms with Crippen molar-refractivity contribution in [2.75, 3.05) is 0 Å². The Labute approximate surface area is 93.8 Å². The summed E-state index contributed by atoms with van der Waals surface area (Å²) in [5.74, 6) is 1.60. The van der Waals surface area contributed by atoms with E-state index >= 15 is 0 Å². The average molecular weight is 215 g/mol. The third-order valence-corrected chi connectivity index (χ3v) is 3.12. The van der Waals surface area contributed by atoms with Gasteiger partial charge in [0.15, 0.2) is 5.89 Å². The van der Waals surface area contributed by atoms with Gasteiger partial charge in [0.25, 0.3) is 0 Å². The fourth-order valence-corrected chi connectivity index (χ4v) is 1.93. The summed E-state index contributed by atoms with van der Waals surface area (Å²) in [6, 6.07) is 7.07. The van der Waals surface area contributed by atoms with Crippen LogP contribution >= 0.6 is 0 Å². The highest BCUT2D eigenvalue weighted by molar-refractivity contribution is 5.59. The summed E-state index contributed by atoms with van der Waals surface area (Å²) in [7, 11) is 0. The van der Waals surface area contributed by atoms with E-state index in [0.29, 0.717) is 5.92 Å². The van der Waals surface area contributed by atoms with E-state index in [1.807, 2.05) is 12.1 Å². The first-order valence-corrected chi connectivity index (χ1v) is 5.58. The molecule has 0 amide bonds. The monoisotopic (exact) mass is 215 g/mol. The summed E-state index contributed by atoms with van der Waals surface area (Å²) >= 11 is 0. The number of hydrogen-bond acceptors (Lipinski definition) is 3. The number of benzene rings is 1. The highest BCUT2D eigenvalue weighted by Gasteiger charge is 2.24. The van der Waals surface area contributed by atoms with E-state index in [1.165, 1.54) is 19.3 Å². The van der Waals surface area contributed by atoms with Crippen LogP contribution in [-0.4, -0.2) is 10.1 Å². The highest BCUT2D eigenvalue weighted by atomic mass is 16.3. The van der Waals surface area contributed by atoms with E-state index in [9.17, 15) is 5.11 Å². The summed E-state index contributed by atoms with van der Waals surface area (Å²) in [6.07, 6.45) is 5.30. The molecule has 1 fully saturated rings. The molecule has 1 aliphatic rings. The number of aromatic hydroxyl groups is 1. The molecule has 0 atom stereocenters. The van der Waals surface area contributed by atoms with Gasteiger partial charge in [0.1, 0.15) is 17.7 Å². The van der Waals surface area contributed by atoms with E-state index in [1.54, 1.807) is 18.4 Å². The van der Waals surface area contributed by atoms with Gasteiger partial charge in [-0.25, -0.2) is 4.98 Å². The second-order valence-corrected chi connectivity index (χ2v) is 4.25. The lowest BCUT2D eigenvalue weighted by Crippen LogP contribution is -2.08. The van der Waals surface area contributed by atoms with Crippen LogP contribution in [0.4, 0.5) is 0 Å². The van der Waals surface area contributed by atoms with Crippen LogP contribution in [0.1, 0.15) is 31.1 Å². The molecule has 0 aliphatic heterocycles. The Morgan fingerprint density at radius 3 is 2.88 bits per heavy atom. The quantitative estimate of drug-likeness (QED) is 0.835. The predicted octanol–water partition coefficient (Wildman–Crippen LogP) is 3.31. The maximum Gasteiger partial charge on any atom is 0.197 e. The van der Waals surface area contributed by atoms with Crippen LogP contribution in [0.25, 0.3) is 11.3 Å². The number of phenols is 1. The van der Waals surface area contributed by atoms with Crippen LogP contribution in [-0.2, 0) is 0 Å². The van der Waals surface area contributed by atoms with Crippen molar-refractivity contribution < 1.29 is 9.52 Å². The number of hydrogen-bond donors (Lipinski definition) is 1. The zero-order chi connectivity index (χ0) is 11.0. The van der Waals surface area contributed by atoms with Crippen LogP contribution in [0, 0.1) is 0 Å². The van der Waals surface area contributed by atoms with Gasteiger partial charge in [-0.15, -0.1) is 0 Å². The van der Waals surface area contributed by atoms with Crippen molar-refractivity contribution in [2.24, 2.45) is 0 Å². The minimum atomic E-state index is 0.255. The van der Waals surface area contributed by atoms with Crippen LogP contribution in [0.2, 0.25) is 0 Å². The summed E-state index contributed by atoms with van der Waals surface area (Å²) in [5.41, 5.74) is 1.70. The second-order valence-electron chi connectivity index (χ2n) is 4.25. The first kappa shape index (κ1) is 9.46. The van der Waals surface area contributed by atoms with Crippen molar-refractivity contribution in [1.29, 1.82) is 0 Å². The molecule has 1 saturated carbocycles. The van der Waals surface area contributed by atoms with Crippen molar-refractivity contribution in [1.82, 2.24) is 4.98 Å². The normalized spacial score (nSPS) is 16.0. The third kappa shape index (κ3) is 1.58.